The zero-order valence-corrected chi connectivity index (χ0v) is 12.3. The second kappa shape index (κ2) is 6.96. The van der Waals surface area contributed by atoms with Crippen molar-refractivity contribution in [3.8, 4) is 11.5 Å². The summed E-state index contributed by atoms with van der Waals surface area (Å²) < 4.78 is 10.6. The molecule has 3 heteroatoms. The van der Waals surface area contributed by atoms with Gasteiger partial charge >= 0.3 is 0 Å². The van der Waals surface area contributed by atoms with Crippen LogP contribution < -0.4 is 14.8 Å². The van der Waals surface area contributed by atoms with E-state index in [-0.39, 0.29) is 0 Å². The molecule has 0 unspecified atom stereocenters. The summed E-state index contributed by atoms with van der Waals surface area (Å²) >= 11 is 0. The highest BCUT2D eigenvalue weighted by molar-refractivity contribution is 5.40. The summed E-state index contributed by atoms with van der Waals surface area (Å²) in [5, 5.41) is 3.45. The number of benzene rings is 2. The Kier molecular flexibility index (Phi) is 5.02. The number of methoxy groups -OCH3 is 2. The van der Waals surface area contributed by atoms with Crippen LogP contribution in [-0.2, 0) is 13.1 Å². The molecular formula is C17H21NO2. The number of hydrogen-bond donors (Lipinski definition) is 1. The Morgan fingerprint density at radius 3 is 2.35 bits per heavy atom. The van der Waals surface area contributed by atoms with Crippen molar-refractivity contribution in [2.45, 2.75) is 20.0 Å². The number of aryl methyl sites for hydroxylation is 1. The third kappa shape index (κ3) is 3.52. The second-order valence-corrected chi connectivity index (χ2v) is 4.71. The predicted molar refractivity (Wildman–Crippen MR) is 81.3 cm³/mol. The SMILES string of the molecule is COc1ccc(OC)c(CNCc2ccccc2C)c1. The molecule has 2 aromatic carbocycles. The Hall–Kier alpha value is -2.00. The molecule has 3 nitrogen and oxygen atoms in total. The third-order valence-electron chi connectivity index (χ3n) is 3.38. The minimum Gasteiger partial charge on any atom is -0.497 e. The molecule has 0 aliphatic carbocycles. The van der Waals surface area contributed by atoms with Gasteiger partial charge in [0.05, 0.1) is 14.2 Å². The summed E-state index contributed by atoms with van der Waals surface area (Å²) in [6.07, 6.45) is 0. The molecule has 0 aromatic heterocycles. The average Bonchev–Trinajstić information content (AvgIpc) is 2.49. The second-order valence-electron chi connectivity index (χ2n) is 4.71. The van der Waals surface area contributed by atoms with E-state index in [0.29, 0.717) is 0 Å². The molecule has 0 saturated heterocycles. The van der Waals surface area contributed by atoms with Crippen molar-refractivity contribution in [2.24, 2.45) is 0 Å². The van der Waals surface area contributed by atoms with Crippen molar-refractivity contribution in [3.63, 3.8) is 0 Å². The third-order valence-corrected chi connectivity index (χ3v) is 3.38. The molecule has 2 aromatic rings. The first-order valence-corrected chi connectivity index (χ1v) is 6.70. The smallest absolute Gasteiger partial charge is 0.123 e. The molecule has 0 radical (unpaired) electrons. The monoisotopic (exact) mass is 271 g/mol. The molecule has 0 amide bonds. The Morgan fingerprint density at radius 2 is 1.65 bits per heavy atom. The molecule has 0 fully saturated rings. The fourth-order valence-electron chi connectivity index (χ4n) is 2.16. The van der Waals surface area contributed by atoms with Gasteiger partial charge in [0.1, 0.15) is 11.5 Å². The van der Waals surface area contributed by atoms with Gasteiger partial charge in [0.2, 0.25) is 0 Å². The average molecular weight is 271 g/mol. The van der Waals surface area contributed by atoms with Crippen LogP contribution in [0.3, 0.4) is 0 Å². The normalized spacial score (nSPS) is 10.3. The molecule has 106 valence electrons. The lowest BCUT2D eigenvalue weighted by atomic mass is 10.1. The van der Waals surface area contributed by atoms with E-state index in [0.717, 1.165) is 30.2 Å². The first-order chi connectivity index (χ1) is 9.74. The number of hydrogen-bond acceptors (Lipinski definition) is 3. The van der Waals surface area contributed by atoms with E-state index < -0.39 is 0 Å². The van der Waals surface area contributed by atoms with E-state index in [2.05, 4.69) is 36.5 Å². The van der Waals surface area contributed by atoms with Crippen LogP contribution in [0.4, 0.5) is 0 Å². The fraction of sp³-hybridized carbons (Fsp3) is 0.294. The van der Waals surface area contributed by atoms with Crippen LogP contribution in [0, 0.1) is 6.92 Å². The van der Waals surface area contributed by atoms with Crippen molar-refractivity contribution < 1.29 is 9.47 Å². The topological polar surface area (TPSA) is 30.5 Å². The number of ether oxygens (including phenoxy) is 2. The largest absolute Gasteiger partial charge is 0.497 e. The summed E-state index contributed by atoms with van der Waals surface area (Å²) in [5.74, 6) is 1.72. The fourth-order valence-corrected chi connectivity index (χ4v) is 2.16. The van der Waals surface area contributed by atoms with Crippen LogP contribution >= 0.6 is 0 Å². The van der Waals surface area contributed by atoms with Gasteiger partial charge < -0.3 is 14.8 Å². The summed E-state index contributed by atoms with van der Waals surface area (Å²) in [5.41, 5.74) is 3.72. The van der Waals surface area contributed by atoms with Gasteiger partial charge in [-0.1, -0.05) is 24.3 Å². The molecule has 0 aliphatic rings. The summed E-state index contributed by atoms with van der Waals surface area (Å²) in [7, 11) is 3.36. The van der Waals surface area contributed by atoms with Crippen LogP contribution in [0.15, 0.2) is 42.5 Å². The predicted octanol–water partition coefficient (Wildman–Crippen LogP) is 3.30. The van der Waals surface area contributed by atoms with Crippen molar-refractivity contribution in [1.82, 2.24) is 5.32 Å². The Morgan fingerprint density at radius 1 is 0.900 bits per heavy atom. The van der Waals surface area contributed by atoms with E-state index in [9.17, 15) is 0 Å². The van der Waals surface area contributed by atoms with Gasteiger partial charge in [0.15, 0.2) is 0 Å². The molecule has 2 rings (SSSR count). The molecule has 0 atom stereocenters. The Labute approximate surface area is 120 Å². The van der Waals surface area contributed by atoms with Gasteiger partial charge in [-0.3, -0.25) is 0 Å². The van der Waals surface area contributed by atoms with Crippen LogP contribution in [0.25, 0.3) is 0 Å². The van der Waals surface area contributed by atoms with Gasteiger partial charge in [-0.25, -0.2) is 0 Å². The summed E-state index contributed by atoms with van der Waals surface area (Å²) in [6.45, 7) is 3.71. The zero-order valence-electron chi connectivity index (χ0n) is 12.3. The summed E-state index contributed by atoms with van der Waals surface area (Å²) in [4.78, 5) is 0. The standard InChI is InChI=1S/C17H21NO2/c1-13-6-4-5-7-14(13)11-18-12-15-10-16(19-2)8-9-17(15)20-3/h4-10,18H,11-12H2,1-3H3. The maximum Gasteiger partial charge on any atom is 0.123 e. The van der Waals surface area contributed by atoms with Crippen molar-refractivity contribution >= 4 is 0 Å². The highest BCUT2D eigenvalue weighted by Gasteiger charge is 2.05. The quantitative estimate of drug-likeness (QED) is 0.874. The van der Waals surface area contributed by atoms with Gasteiger partial charge in [0.25, 0.3) is 0 Å². The summed E-state index contributed by atoms with van der Waals surface area (Å²) in [6, 6.07) is 14.2. The minimum absolute atomic E-state index is 0.745. The Bertz CT molecular complexity index is 567. The highest BCUT2D eigenvalue weighted by Crippen LogP contribution is 2.23. The zero-order chi connectivity index (χ0) is 14.4. The van der Waals surface area contributed by atoms with Crippen molar-refractivity contribution in [1.29, 1.82) is 0 Å². The van der Waals surface area contributed by atoms with E-state index in [4.69, 9.17) is 9.47 Å². The van der Waals surface area contributed by atoms with Crippen LogP contribution in [0.1, 0.15) is 16.7 Å². The molecule has 0 saturated carbocycles. The number of nitrogens with one attached hydrogen (secondary N) is 1. The van der Waals surface area contributed by atoms with Gasteiger partial charge in [-0.15, -0.1) is 0 Å². The molecule has 20 heavy (non-hydrogen) atoms. The van der Waals surface area contributed by atoms with E-state index in [1.165, 1.54) is 11.1 Å². The molecule has 0 bridgehead atoms. The molecular weight excluding hydrogens is 250 g/mol. The maximum atomic E-state index is 5.38. The van der Waals surface area contributed by atoms with Gasteiger partial charge in [0, 0.05) is 18.7 Å². The molecule has 0 heterocycles. The van der Waals surface area contributed by atoms with Crippen LogP contribution in [-0.4, -0.2) is 14.2 Å². The Balaban J connectivity index is 2.02. The maximum absolute atomic E-state index is 5.38. The van der Waals surface area contributed by atoms with Crippen molar-refractivity contribution in [3.05, 3.63) is 59.2 Å². The number of rotatable bonds is 6. The lowest BCUT2D eigenvalue weighted by Gasteiger charge is -2.12. The molecule has 0 aliphatic heterocycles. The minimum atomic E-state index is 0.745. The van der Waals surface area contributed by atoms with Crippen molar-refractivity contribution in [2.75, 3.05) is 14.2 Å². The first kappa shape index (κ1) is 14.4. The van der Waals surface area contributed by atoms with E-state index in [1.807, 2.05) is 18.2 Å². The van der Waals surface area contributed by atoms with Crippen LogP contribution in [0.5, 0.6) is 11.5 Å². The molecule has 1 N–H and O–H groups in total. The lowest BCUT2D eigenvalue weighted by Crippen LogP contribution is -2.14. The highest BCUT2D eigenvalue weighted by atomic mass is 16.5. The van der Waals surface area contributed by atoms with E-state index in [1.54, 1.807) is 14.2 Å². The van der Waals surface area contributed by atoms with Gasteiger partial charge in [-0.2, -0.15) is 0 Å². The lowest BCUT2D eigenvalue weighted by molar-refractivity contribution is 0.397. The first-order valence-electron chi connectivity index (χ1n) is 6.70. The van der Waals surface area contributed by atoms with Gasteiger partial charge in [-0.05, 0) is 36.2 Å². The van der Waals surface area contributed by atoms with E-state index >= 15 is 0 Å². The van der Waals surface area contributed by atoms with Crippen LogP contribution in [0.2, 0.25) is 0 Å². The molecule has 0 spiro atoms.